The van der Waals surface area contributed by atoms with Gasteiger partial charge in [0.25, 0.3) is 5.56 Å². The molecule has 7 heteroatoms. The fourth-order valence-electron chi connectivity index (χ4n) is 3.34. The SMILES string of the molecule is CCOC(=O)c1c(-c2ccc(C)cc2)c(C#N)c(=O)n2[nH]c(-c3ccccc3)nc12. The van der Waals surface area contributed by atoms with E-state index in [0.29, 0.717) is 11.4 Å². The molecule has 0 fully saturated rings. The van der Waals surface area contributed by atoms with Gasteiger partial charge in [-0.1, -0.05) is 60.2 Å². The molecule has 0 atom stereocenters. The van der Waals surface area contributed by atoms with E-state index in [4.69, 9.17) is 4.74 Å². The summed E-state index contributed by atoms with van der Waals surface area (Å²) in [5.74, 6) is -0.239. The molecule has 0 amide bonds. The van der Waals surface area contributed by atoms with Crippen molar-refractivity contribution < 1.29 is 9.53 Å². The van der Waals surface area contributed by atoms with E-state index in [1.54, 1.807) is 19.1 Å². The molecule has 0 saturated heterocycles. The van der Waals surface area contributed by atoms with E-state index in [1.165, 1.54) is 0 Å². The molecule has 0 aliphatic rings. The Labute approximate surface area is 172 Å². The Morgan fingerprint density at radius 2 is 1.83 bits per heavy atom. The second-order valence-electron chi connectivity index (χ2n) is 6.73. The minimum absolute atomic E-state index is 0.0790. The molecule has 30 heavy (non-hydrogen) atoms. The number of hydrogen-bond donors (Lipinski definition) is 1. The molecular weight excluding hydrogens is 380 g/mol. The van der Waals surface area contributed by atoms with Crippen molar-refractivity contribution in [2.45, 2.75) is 13.8 Å². The van der Waals surface area contributed by atoms with Crippen molar-refractivity contribution in [3.05, 3.63) is 81.6 Å². The molecule has 0 aliphatic carbocycles. The monoisotopic (exact) mass is 398 g/mol. The van der Waals surface area contributed by atoms with Crippen molar-refractivity contribution in [2.24, 2.45) is 0 Å². The number of H-pyrrole nitrogens is 1. The third-order valence-corrected chi connectivity index (χ3v) is 4.77. The third-order valence-electron chi connectivity index (χ3n) is 4.77. The molecule has 148 valence electrons. The van der Waals surface area contributed by atoms with Gasteiger partial charge in [0, 0.05) is 11.1 Å². The van der Waals surface area contributed by atoms with Crippen LogP contribution < -0.4 is 5.56 Å². The number of pyridine rings is 1. The number of aromatic nitrogens is 3. The summed E-state index contributed by atoms with van der Waals surface area (Å²) in [4.78, 5) is 30.6. The van der Waals surface area contributed by atoms with E-state index >= 15 is 0 Å². The van der Waals surface area contributed by atoms with Crippen LogP contribution in [0.3, 0.4) is 0 Å². The number of aromatic amines is 1. The highest BCUT2D eigenvalue weighted by Crippen LogP contribution is 2.30. The lowest BCUT2D eigenvalue weighted by atomic mass is 9.95. The van der Waals surface area contributed by atoms with Gasteiger partial charge >= 0.3 is 5.97 Å². The lowest BCUT2D eigenvalue weighted by Crippen LogP contribution is -2.23. The highest BCUT2D eigenvalue weighted by Gasteiger charge is 2.27. The van der Waals surface area contributed by atoms with Gasteiger partial charge in [-0.15, -0.1) is 0 Å². The minimum atomic E-state index is -0.645. The number of rotatable bonds is 4. The molecule has 0 saturated carbocycles. The van der Waals surface area contributed by atoms with Gasteiger partial charge in [0.15, 0.2) is 11.5 Å². The predicted molar refractivity (Wildman–Crippen MR) is 112 cm³/mol. The van der Waals surface area contributed by atoms with E-state index in [-0.39, 0.29) is 28.9 Å². The molecule has 4 rings (SSSR count). The summed E-state index contributed by atoms with van der Waals surface area (Å²) in [6, 6.07) is 18.4. The van der Waals surface area contributed by atoms with E-state index in [1.807, 2.05) is 55.5 Å². The van der Waals surface area contributed by atoms with Gasteiger partial charge in [0.1, 0.15) is 17.2 Å². The first-order valence-corrected chi connectivity index (χ1v) is 9.43. The Kier molecular flexibility index (Phi) is 4.90. The number of fused-ring (bicyclic) bond motifs is 1. The third kappa shape index (κ3) is 3.14. The van der Waals surface area contributed by atoms with Crippen LogP contribution in [-0.2, 0) is 4.74 Å². The van der Waals surface area contributed by atoms with E-state index in [2.05, 4.69) is 10.1 Å². The van der Waals surface area contributed by atoms with Gasteiger partial charge < -0.3 is 4.74 Å². The highest BCUT2D eigenvalue weighted by atomic mass is 16.5. The molecule has 2 aromatic carbocycles. The van der Waals surface area contributed by atoms with Crippen LogP contribution in [0.4, 0.5) is 0 Å². The largest absolute Gasteiger partial charge is 0.462 e. The number of aryl methyl sites for hydroxylation is 1. The zero-order valence-corrected chi connectivity index (χ0v) is 16.5. The summed E-state index contributed by atoms with van der Waals surface area (Å²) in [7, 11) is 0. The molecular formula is C23H18N4O3. The lowest BCUT2D eigenvalue weighted by Gasteiger charge is -2.12. The molecule has 2 aromatic heterocycles. The van der Waals surface area contributed by atoms with Crippen molar-refractivity contribution >= 4 is 11.6 Å². The predicted octanol–water partition coefficient (Wildman–Crippen LogP) is 3.71. The van der Waals surface area contributed by atoms with Gasteiger partial charge in [0.2, 0.25) is 0 Å². The number of ether oxygens (including phenoxy) is 1. The topological polar surface area (TPSA) is 100 Å². The van der Waals surface area contributed by atoms with Crippen molar-refractivity contribution in [3.63, 3.8) is 0 Å². The van der Waals surface area contributed by atoms with E-state index < -0.39 is 11.5 Å². The van der Waals surface area contributed by atoms with Crippen LogP contribution >= 0.6 is 0 Å². The normalized spacial score (nSPS) is 10.7. The Morgan fingerprint density at radius 1 is 1.13 bits per heavy atom. The maximum Gasteiger partial charge on any atom is 0.342 e. The number of carbonyl (C=O) groups excluding carboxylic acids is 1. The first-order chi connectivity index (χ1) is 14.5. The molecule has 0 aliphatic heterocycles. The van der Waals surface area contributed by atoms with Gasteiger partial charge in [-0.05, 0) is 19.4 Å². The Morgan fingerprint density at radius 3 is 2.47 bits per heavy atom. The molecule has 1 N–H and O–H groups in total. The second-order valence-corrected chi connectivity index (χ2v) is 6.73. The van der Waals surface area contributed by atoms with Crippen molar-refractivity contribution in [3.8, 4) is 28.6 Å². The standard InChI is InChI=1S/C23H18N4O3/c1-3-30-23(29)19-18(15-11-9-14(2)10-12-15)17(13-24)22(28)27-21(19)25-20(26-27)16-7-5-4-6-8-16/h4-12H,3H2,1-2H3,(H,25,26). The number of nitrogens with one attached hydrogen (secondary N) is 1. The van der Waals surface area contributed by atoms with Crippen LogP contribution in [0.2, 0.25) is 0 Å². The summed E-state index contributed by atoms with van der Waals surface area (Å²) in [5, 5.41) is 12.7. The first kappa shape index (κ1) is 19.2. The van der Waals surface area contributed by atoms with Gasteiger partial charge in [-0.3, -0.25) is 9.89 Å². The number of nitrogens with zero attached hydrogens (tertiary/aromatic N) is 3. The number of esters is 1. The van der Waals surface area contributed by atoms with Crippen LogP contribution in [0, 0.1) is 18.3 Å². The average Bonchev–Trinajstić information content (AvgIpc) is 3.20. The first-order valence-electron chi connectivity index (χ1n) is 9.43. The quantitative estimate of drug-likeness (QED) is 0.528. The molecule has 0 radical (unpaired) electrons. The number of nitriles is 1. The maximum atomic E-state index is 13.1. The smallest absolute Gasteiger partial charge is 0.342 e. The highest BCUT2D eigenvalue weighted by molar-refractivity contribution is 6.04. The average molecular weight is 398 g/mol. The van der Waals surface area contributed by atoms with Gasteiger partial charge in [0.05, 0.1) is 6.61 Å². The summed E-state index contributed by atoms with van der Waals surface area (Å²) < 4.78 is 6.39. The van der Waals surface area contributed by atoms with Crippen LogP contribution in [0.5, 0.6) is 0 Å². The molecule has 0 unspecified atom stereocenters. The summed E-state index contributed by atoms with van der Waals surface area (Å²) >= 11 is 0. The number of benzene rings is 2. The maximum absolute atomic E-state index is 13.1. The zero-order valence-electron chi connectivity index (χ0n) is 16.5. The zero-order chi connectivity index (χ0) is 21.3. The van der Waals surface area contributed by atoms with Crippen LogP contribution in [0.1, 0.15) is 28.4 Å². The number of hydrogen-bond acceptors (Lipinski definition) is 5. The van der Waals surface area contributed by atoms with Crippen LogP contribution in [0.25, 0.3) is 28.2 Å². The van der Waals surface area contributed by atoms with E-state index in [0.717, 1.165) is 15.6 Å². The molecule has 2 heterocycles. The summed E-state index contributed by atoms with van der Waals surface area (Å²) in [5.41, 5.74) is 2.02. The fourth-order valence-corrected chi connectivity index (χ4v) is 3.34. The summed E-state index contributed by atoms with van der Waals surface area (Å²) in [6.45, 7) is 3.77. The number of carbonyl (C=O) groups is 1. The van der Waals surface area contributed by atoms with E-state index in [9.17, 15) is 14.9 Å². The lowest BCUT2D eigenvalue weighted by molar-refractivity contribution is 0.0528. The Balaban J connectivity index is 2.12. The molecule has 4 aromatic rings. The molecule has 7 nitrogen and oxygen atoms in total. The van der Waals surface area contributed by atoms with Crippen molar-refractivity contribution in [1.82, 2.24) is 14.6 Å². The molecule has 0 spiro atoms. The van der Waals surface area contributed by atoms with Crippen molar-refractivity contribution in [2.75, 3.05) is 6.61 Å². The van der Waals surface area contributed by atoms with Crippen molar-refractivity contribution in [1.29, 1.82) is 5.26 Å². The Bertz CT molecular complexity index is 1340. The van der Waals surface area contributed by atoms with Gasteiger partial charge in [-0.2, -0.15) is 9.78 Å². The summed E-state index contributed by atoms with van der Waals surface area (Å²) in [6.07, 6.45) is 0. The Hall–Kier alpha value is -4.18. The molecule has 0 bridgehead atoms. The van der Waals surface area contributed by atoms with Gasteiger partial charge in [-0.25, -0.2) is 9.78 Å². The van der Waals surface area contributed by atoms with Crippen LogP contribution in [0.15, 0.2) is 59.4 Å². The minimum Gasteiger partial charge on any atom is -0.462 e. The van der Waals surface area contributed by atoms with Crippen LogP contribution in [-0.4, -0.2) is 27.2 Å². The second kappa shape index (κ2) is 7.68. The fraction of sp³-hybridized carbons (Fsp3) is 0.130.